The number of hydrogen-bond acceptors (Lipinski definition) is 5. The van der Waals surface area contributed by atoms with Gasteiger partial charge in [0.1, 0.15) is 12.4 Å². The molecule has 1 aromatic carbocycles. The fourth-order valence-electron chi connectivity index (χ4n) is 3.92. The van der Waals surface area contributed by atoms with Gasteiger partial charge in [-0.05, 0) is 48.4 Å². The summed E-state index contributed by atoms with van der Waals surface area (Å²) < 4.78 is 6.11. The highest BCUT2D eigenvalue weighted by atomic mass is 32.1. The van der Waals surface area contributed by atoms with Crippen LogP contribution in [0.25, 0.3) is 5.57 Å². The van der Waals surface area contributed by atoms with Gasteiger partial charge < -0.3 is 19.8 Å². The van der Waals surface area contributed by atoms with Crippen LogP contribution in [0.3, 0.4) is 0 Å². The Bertz CT molecular complexity index is 801. The summed E-state index contributed by atoms with van der Waals surface area (Å²) in [5.74, 6) is 0.940. The molecular weight excluding hydrogens is 346 g/mol. The number of piperidine rings is 1. The highest BCUT2D eigenvalue weighted by Gasteiger charge is 2.25. The zero-order chi connectivity index (χ0) is 17.9. The van der Waals surface area contributed by atoms with E-state index < -0.39 is 0 Å². The van der Waals surface area contributed by atoms with Crippen LogP contribution in [-0.2, 0) is 13.0 Å². The lowest BCUT2D eigenvalue weighted by atomic mass is 9.90. The van der Waals surface area contributed by atoms with Crippen LogP contribution in [0.15, 0.2) is 35.2 Å². The van der Waals surface area contributed by atoms with Crippen LogP contribution in [0.4, 0.5) is 0 Å². The van der Waals surface area contributed by atoms with Gasteiger partial charge in [-0.1, -0.05) is 11.6 Å². The Morgan fingerprint density at radius 3 is 2.69 bits per heavy atom. The van der Waals surface area contributed by atoms with Gasteiger partial charge in [0.05, 0.1) is 6.61 Å². The third kappa shape index (κ3) is 3.45. The number of aliphatic hydroxyl groups excluding tert-OH is 2. The van der Waals surface area contributed by atoms with E-state index in [0.29, 0.717) is 13.0 Å². The molecule has 138 valence electrons. The first kappa shape index (κ1) is 17.7. The first-order chi connectivity index (χ1) is 12.8. The van der Waals surface area contributed by atoms with E-state index >= 15 is 0 Å². The van der Waals surface area contributed by atoms with Crippen molar-refractivity contribution < 1.29 is 14.9 Å². The number of nitrogens with zero attached hydrogens (tertiary/aromatic N) is 1. The molecule has 0 amide bonds. The number of fused-ring (bicyclic) bond motifs is 2. The quantitative estimate of drug-likeness (QED) is 0.867. The van der Waals surface area contributed by atoms with Crippen molar-refractivity contribution in [2.24, 2.45) is 0 Å². The number of thiophene rings is 1. The van der Waals surface area contributed by atoms with Crippen molar-refractivity contribution in [2.75, 3.05) is 32.8 Å². The second kappa shape index (κ2) is 7.92. The number of rotatable bonds is 4. The Hall–Kier alpha value is -1.66. The Morgan fingerprint density at radius 2 is 1.92 bits per heavy atom. The molecular formula is C21H25NO3S. The Kier molecular flexibility index (Phi) is 5.41. The average molecular weight is 372 g/mol. The molecule has 4 nitrogen and oxygen atoms in total. The number of hydrogen-bond donors (Lipinski definition) is 2. The fourth-order valence-corrected chi connectivity index (χ4v) is 4.94. The lowest BCUT2D eigenvalue weighted by Gasteiger charge is -2.29. The number of benzene rings is 1. The standard InChI is InChI=1S/C21H25NO3S/c23-10-5-15-1-2-19-18(13-15)20(21-17(14-25-19)6-12-26-21)16-3-7-22(8-4-16)9-11-24/h1-2,6,12-13,23-24H,3-5,7-11,14H2. The van der Waals surface area contributed by atoms with Crippen LogP contribution < -0.4 is 4.74 Å². The zero-order valence-corrected chi connectivity index (χ0v) is 15.7. The molecule has 2 aliphatic heterocycles. The van der Waals surface area contributed by atoms with Gasteiger partial charge in [-0.25, -0.2) is 0 Å². The van der Waals surface area contributed by atoms with E-state index in [1.54, 1.807) is 11.3 Å². The number of aliphatic hydroxyl groups is 2. The molecule has 0 bridgehead atoms. The molecule has 2 aliphatic rings. The molecule has 3 heterocycles. The Morgan fingerprint density at radius 1 is 1.08 bits per heavy atom. The molecule has 0 radical (unpaired) electrons. The normalized spacial score (nSPS) is 17.5. The number of likely N-dealkylation sites (tertiary alicyclic amines) is 1. The van der Waals surface area contributed by atoms with E-state index in [0.717, 1.165) is 43.8 Å². The highest BCUT2D eigenvalue weighted by Crippen LogP contribution is 2.43. The molecule has 0 saturated carbocycles. The summed E-state index contributed by atoms with van der Waals surface area (Å²) in [6, 6.07) is 8.48. The predicted molar refractivity (Wildman–Crippen MR) is 105 cm³/mol. The minimum atomic E-state index is 0.159. The monoisotopic (exact) mass is 371 g/mol. The number of ether oxygens (including phenoxy) is 1. The van der Waals surface area contributed by atoms with E-state index in [-0.39, 0.29) is 13.2 Å². The molecule has 0 spiro atoms. The predicted octanol–water partition coefficient (Wildman–Crippen LogP) is 3.07. The SMILES string of the molecule is OCCc1ccc2c(c1)C(=C1CCN(CCO)CC1)c1sccc1CO2. The molecule has 4 rings (SSSR count). The van der Waals surface area contributed by atoms with Crippen LogP contribution in [0.5, 0.6) is 5.75 Å². The highest BCUT2D eigenvalue weighted by molar-refractivity contribution is 7.11. The number of β-amino-alcohol motifs (C(OH)–C–C–N with tert-alkyl or cyclic N) is 1. The van der Waals surface area contributed by atoms with E-state index in [2.05, 4.69) is 34.5 Å². The van der Waals surface area contributed by atoms with Crippen molar-refractivity contribution in [1.29, 1.82) is 0 Å². The minimum absolute atomic E-state index is 0.159. The fraction of sp³-hybridized carbons (Fsp3) is 0.429. The lowest BCUT2D eigenvalue weighted by molar-refractivity contribution is 0.187. The van der Waals surface area contributed by atoms with Crippen molar-refractivity contribution in [3.63, 3.8) is 0 Å². The smallest absolute Gasteiger partial charge is 0.127 e. The second-order valence-corrected chi connectivity index (χ2v) is 7.83. The van der Waals surface area contributed by atoms with E-state index in [1.165, 1.54) is 27.2 Å². The largest absolute Gasteiger partial charge is 0.488 e. The Balaban J connectivity index is 1.78. The molecule has 2 aromatic rings. The third-order valence-electron chi connectivity index (χ3n) is 5.30. The van der Waals surface area contributed by atoms with Gasteiger partial charge in [-0.15, -0.1) is 11.3 Å². The maximum atomic E-state index is 9.33. The molecule has 5 heteroatoms. The molecule has 0 unspecified atom stereocenters. The van der Waals surface area contributed by atoms with Crippen molar-refractivity contribution in [3.8, 4) is 5.75 Å². The van der Waals surface area contributed by atoms with Crippen LogP contribution in [-0.4, -0.2) is 48.0 Å². The van der Waals surface area contributed by atoms with Crippen LogP contribution >= 0.6 is 11.3 Å². The Labute approximate surface area is 158 Å². The van der Waals surface area contributed by atoms with Gasteiger partial charge in [0.25, 0.3) is 0 Å². The van der Waals surface area contributed by atoms with Gasteiger partial charge in [0, 0.05) is 47.8 Å². The van der Waals surface area contributed by atoms with Gasteiger partial charge in [-0.3, -0.25) is 0 Å². The first-order valence-electron chi connectivity index (χ1n) is 9.29. The van der Waals surface area contributed by atoms with E-state index in [4.69, 9.17) is 4.74 Å². The van der Waals surface area contributed by atoms with Gasteiger partial charge in [-0.2, -0.15) is 0 Å². The maximum absolute atomic E-state index is 9.33. The summed E-state index contributed by atoms with van der Waals surface area (Å²) in [6.45, 7) is 3.74. The second-order valence-electron chi connectivity index (χ2n) is 6.91. The summed E-state index contributed by atoms with van der Waals surface area (Å²) in [7, 11) is 0. The summed E-state index contributed by atoms with van der Waals surface area (Å²) >= 11 is 1.79. The van der Waals surface area contributed by atoms with E-state index in [9.17, 15) is 10.2 Å². The van der Waals surface area contributed by atoms with Gasteiger partial charge in [0.15, 0.2) is 0 Å². The van der Waals surface area contributed by atoms with Gasteiger partial charge in [0.2, 0.25) is 0 Å². The molecule has 0 aliphatic carbocycles. The van der Waals surface area contributed by atoms with Crippen LogP contribution in [0.2, 0.25) is 0 Å². The topological polar surface area (TPSA) is 52.9 Å². The molecule has 1 saturated heterocycles. The summed E-state index contributed by atoms with van der Waals surface area (Å²) in [6.07, 6.45) is 2.71. The molecule has 1 fully saturated rings. The summed E-state index contributed by atoms with van der Waals surface area (Å²) in [5.41, 5.74) is 6.39. The van der Waals surface area contributed by atoms with Crippen molar-refractivity contribution >= 4 is 16.9 Å². The lowest BCUT2D eigenvalue weighted by Crippen LogP contribution is -2.33. The van der Waals surface area contributed by atoms with Gasteiger partial charge >= 0.3 is 0 Å². The summed E-state index contributed by atoms with van der Waals surface area (Å²) in [4.78, 5) is 3.66. The molecule has 2 N–H and O–H groups in total. The van der Waals surface area contributed by atoms with Crippen molar-refractivity contribution in [2.45, 2.75) is 25.9 Å². The van der Waals surface area contributed by atoms with Crippen molar-refractivity contribution in [1.82, 2.24) is 4.90 Å². The third-order valence-corrected chi connectivity index (χ3v) is 6.27. The average Bonchev–Trinajstić information content (AvgIpc) is 3.06. The molecule has 1 aromatic heterocycles. The van der Waals surface area contributed by atoms with Crippen LogP contribution in [0.1, 0.15) is 34.4 Å². The zero-order valence-electron chi connectivity index (χ0n) is 14.9. The molecule has 0 atom stereocenters. The minimum Gasteiger partial charge on any atom is -0.488 e. The maximum Gasteiger partial charge on any atom is 0.127 e. The summed E-state index contributed by atoms with van der Waals surface area (Å²) in [5, 5.41) is 20.7. The first-order valence-corrected chi connectivity index (χ1v) is 10.2. The van der Waals surface area contributed by atoms with Crippen LogP contribution in [0, 0.1) is 0 Å². The van der Waals surface area contributed by atoms with Crippen molar-refractivity contribution in [3.05, 3.63) is 56.8 Å². The van der Waals surface area contributed by atoms with E-state index in [1.807, 2.05) is 0 Å². The molecule has 26 heavy (non-hydrogen) atoms.